The van der Waals surface area contributed by atoms with Crippen LogP contribution in [-0.2, 0) is 11.3 Å². The molecule has 0 bridgehead atoms. The van der Waals surface area contributed by atoms with Crippen molar-refractivity contribution in [1.82, 2.24) is 14.8 Å². The van der Waals surface area contributed by atoms with Gasteiger partial charge in [-0.3, -0.25) is 14.7 Å². The number of piperazine rings is 1. The molecule has 26 heavy (non-hydrogen) atoms. The Bertz CT molecular complexity index is 766. The maximum absolute atomic E-state index is 12.4. The molecule has 1 amide bonds. The van der Waals surface area contributed by atoms with E-state index < -0.39 is 0 Å². The zero-order valence-electron chi connectivity index (χ0n) is 14.0. The highest BCUT2D eigenvalue weighted by Gasteiger charge is 2.21. The zero-order valence-corrected chi connectivity index (χ0v) is 16.3. The monoisotopic (exact) mass is 413 g/mol. The number of benzene rings is 1. The molecule has 0 N–H and O–H groups in total. The zero-order chi connectivity index (χ0) is 18.5. The Balaban J connectivity index is 1.47. The van der Waals surface area contributed by atoms with Gasteiger partial charge >= 0.3 is 0 Å². The molecule has 0 aliphatic carbocycles. The number of carbonyl (C=O) groups excluding carboxylic acids is 1. The Morgan fingerprint density at radius 1 is 1.00 bits per heavy atom. The van der Waals surface area contributed by atoms with Crippen LogP contribution in [0, 0.1) is 0 Å². The Kier molecular flexibility index (Phi) is 6.59. The van der Waals surface area contributed by atoms with Crippen LogP contribution >= 0.6 is 34.8 Å². The lowest BCUT2D eigenvalue weighted by molar-refractivity contribution is -0.135. The van der Waals surface area contributed by atoms with E-state index in [1.54, 1.807) is 17.3 Å². The van der Waals surface area contributed by atoms with Crippen LogP contribution in [0.25, 0.3) is 0 Å². The summed E-state index contributed by atoms with van der Waals surface area (Å²) in [5.74, 6) is 0.279. The summed E-state index contributed by atoms with van der Waals surface area (Å²) in [5, 5.41) is 1.01. The topological polar surface area (TPSA) is 45.7 Å². The largest absolute Gasteiger partial charge is 0.482 e. The molecule has 1 fully saturated rings. The molecule has 0 unspecified atom stereocenters. The minimum absolute atomic E-state index is 0.0734. The second-order valence-electron chi connectivity index (χ2n) is 6.00. The van der Waals surface area contributed by atoms with Crippen molar-refractivity contribution in [3.63, 3.8) is 0 Å². The fourth-order valence-electron chi connectivity index (χ4n) is 2.75. The van der Waals surface area contributed by atoms with Gasteiger partial charge in [0.05, 0.1) is 15.1 Å². The second-order valence-corrected chi connectivity index (χ2v) is 7.22. The molecule has 8 heteroatoms. The van der Waals surface area contributed by atoms with Gasteiger partial charge in [-0.2, -0.15) is 0 Å². The van der Waals surface area contributed by atoms with E-state index in [2.05, 4.69) is 9.88 Å². The van der Waals surface area contributed by atoms with Crippen molar-refractivity contribution in [3.05, 3.63) is 57.3 Å². The number of halogens is 3. The van der Waals surface area contributed by atoms with E-state index in [0.717, 1.165) is 19.6 Å². The summed E-state index contributed by atoms with van der Waals surface area (Å²) in [6, 6.07) is 7.04. The summed E-state index contributed by atoms with van der Waals surface area (Å²) in [6.45, 7) is 3.76. The minimum atomic E-state index is -0.0813. The van der Waals surface area contributed by atoms with Crippen molar-refractivity contribution in [2.45, 2.75) is 6.54 Å². The van der Waals surface area contributed by atoms with Gasteiger partial charge < -0.3 is 9.64 Å². The lowest BCUT2D eigenvalue weighted by Gasteiger charge is -2.34. The maximum Gasteiger partial charge on any atom is 0.260 e. The molecule has 0 atom stereocenters. The minimum Gasteiger partial charge on any atom is -0.482 e. The Morgan fingerprint density at radius 2 is 1.65 bits per heavy atom. The number of ether oxygens (including phenoxy) is 1. The van der Waals surface area contributed by atoms with Crippen LogP contribution in [0.4, 0.5) is 0 Å². The fourth-order valence-corrected chi connectivity index (χ4v) is 3.34. The van der Waals surface area contributed by atoms with E-state index in [0.29, 0.717) is 33.9 Å². The molecule has 1 aromatic carbocycles. The first-order valence-corrected chi connectivity index (χ1v) is 9.32. The molecule has 138 valence electrons. The average molecular weight is 415 g/mol. The molecule has 1 aromatic heterocycles. The van der Waals surface area contributed by atoms with Crippen molar-refractivity contribution in [1.29, 1.82) is 0 Å². The third-order valence-electron chi connectivity index (χ3n) is 4.21. The first kappa shape index (κ1) is 19.2. The summed E-state index contributed by atoms with van der Waals surface area (Å²) >= 11 is 17.9. The number of nitrogens with zero attached hydrogens (tertiary/aromatic N) is 3. The highest BCUT2D eigenvalue weighted by molar-refractivity contribution is 6.43. The standard InChI is InChI=1S/C18H18Cl3N3O2/c19-14-9-16(21)17(10-15(14)20)26-12-18(25)24-7-5-23(6-8-24)11-13-1-3-22-4-2-13/h1-4,9-10H,5-8,11-12H2. The number of rotatable bonds is 5. The quantitative estimate of drug-likeness (QED) is 0.699. The number of amides is 1. The van der Waals surface area contributed by atoms with Crippen molar-refractivity contribution in [2.24, 2.45) is 0 Å². The van der Waals surface area contributed by atoms with Crippen LogP contribution in [0.15, 0.2) is 36.7 Å². The van der Waals surface area contributed by atoms with Crippen LogP contribution in [-0.4, -0.2) is 53.5 Å². The van der Waals surface area contributed by atoms with Crippen molar-refractivity contribution < 1.29 is 9.53 Å². The molecule has 0 spiro atoms. The SMILES string of the molecule is O=C(COc1cc(Cl)c(Cl)cc1Cl)N1CCN(Cc2ccncc2)CC1. The molecule has 2 aromatic rings. The predicted molar refractivity (Wildman–Crippen MR) is 103 cm³/mol. The molecule has 3 rings (SSSR count). The molecule has 1 aliphatic heterocycles. The molecular formula is C18H18Cl3N3O2. The summed E-state index contributed by atoms with van der Waals surface area (Å²) in [4.78, 5) is 20.5. The van der Waals surface area contributed by atoms with Crippen LogP contribution in [0.5, 0.6) is 5.75 Å². The lowest BCUT2D eigenvalue weighted by atomic mass is 10.2. The smallest absolute Gasteiger partial charge is 0.260 e. The predicted octanol–water partition coefficient (Wildman–Crippen LogP) is 3.77. The van der Waals surface area contributed by atoms with Crippen molar-refractivity contribution in [3.8, 4) is 5.75 Å². The number of hydrogen-bond acceptors (Lipinski definition) is 4. The lowest BCUT2D eigenvalue weighted by Crippen LogP contribution is -2.49. The van der Waals surface area contributed by atoms with E-state index in [-0.39, 0.29) is 12.5 Å². The van der Waals surface area contributed by atoms with E-state index >= 15 is 0 Å². The van der Waals surface area contributed by atoms with Gasteiger partial charge in [0.25, 0.3) is 5.91 Å². The van der Waals surface area contributed by atoms with E-state index in [1.807, 2.05) is 12.1 Å². The number of carbonyl (C=O) groups is 1. The van der Waals surface area contributed by atoms with Gasteiger partial charge in [-0.25, -0.2) is 0 Å². The van der Waals surface area contributed by atoms with Gasteiger partial charge in [-0.1, -0.05) is 34.8 Å². The van der Waals surface area contributed by atoms with Crippen LogP contribution in [0.2, 0.25) is 15.1 Å². The second kappa shape index (κ2) is 8.91. The first-order valence-electron chi connectivity index (χ1n) is 8.19. The van der Waals surface area contributed by atoms with Gasteiger partial charge in [0.15, 0.2) is 6.61 Å². The number of pyridine rings is 1. The Hall–Kier alpha value is -1.53. The van der Waals surface area contributed by atoms with Crippen molar-refractivity contribution in [2.75, 3.05) is 32.8 Å². The Morgan fingerprint density at radius 3 is 2.35 bits per heavy atom. The summed E-state index contributed by atoms with van der Waals surface area (Å²) in [7, 11) is 0. The van der Waals surface area contributed by atoms with E-state index in [1.165, 1.54) is 17.7 Å². The maximum atomic E-state index is 12.4. The third kappa shape index (κ3) is 5.01. The molecule has 0 saturated carbocycles. The highest BCUT2D eigenvalue weighted by Crippen LogP contribution is 2.33. The third-order valence-corrected chi connectivity index (χ3v) is 5.22. The normalized spacial score (nSPS) is 15.1. The number of hydrogen-bond donors (Lipinski definition) is 0. The first-order chi connectivity index (χ1) is 12.5. The summed E-state index contributed by atoms with van der Waals surface area (Å²) in [6.07, 6.45) is 3.58. The summed E-state index contributed by atoms with van der Waals surface area (Å²) < 4.78 is 5.52. The van der Waals surface area contributed by atoms with Gasteiger partial charge in [0.2, 0.25) is 0 Å². The molecule has 1 saturated heterocycles. The van der Waals surface area contributed by atoms with Gasteiger partial charge in [-0.15, -0.1) is 0 Å². The highest BCUT2D eigenvalue weighted by atomic mass is 35.5. The van der Waals surface area contributed by atoms with E-state index in [9.17, 15) is 4.79 Å². The molecule has 0 radical (unpaired) electrons. The van der Waals surface area contributed by atoms with Crippen LogP contribution in [0.1, 0.15) is 5.56 Å². The van der Waals surface area contributed by atoms with E-state index in [4.69, 9.17) is 39.5 Å². The molecule has 5 nitrogen and oxygen atoms in total. The molecule has 2 heterocycles. The fraction of sp³-hybridized carbons (Fsp3) is 0.333. The van der Waals surface area contributed by atoms with Gasteiger partial charge in [-0.05, 0) is 23.8 Å². The molecular weight excluding hydrogens is 397 g/mol. The average Bonchev–Trinajstić information content (AvgIpc) is 2.65. The van der Waals surface area contributed by atoms with Gasteiger partial charge in [0, 0.05) is 51.2 Å². The van der Waals surface area contributed by atoms with Gasteiger partial charge in [0.1, 0.15) is 5.75 Å². The van der Waals surface area contributed by atoms with Crippen molar-refractivity contribution >= 4 is 40.7 Å². The van der Waals surface area contributed by atoms with Crippen LogP contribution in [0.3, 0.4) is 0 Å². The summed E-state index contributed by atoms with van der Waals surface area (Å²) in [5.41, 5.74) is 1.22. The number of aromatic nitrogens is 1. The Labute approximate surface area is 167 Å². The molecule has 1 aliphatic rings. The van der Waals surface area contributed by atoms with Crippen LogP contribution < -0.4 is 4.74 Å².